The predicted octanol–water partition coefficient (Wildman–Crippen LogP) is 4.10. The largest absolute Gasteiger partial charge is 0.507 e. The van der Waals surface area contributed by atoms with E-state index in [0.717, 1.165) is 18.4 Å². The molecule has 1 aromatic rings. The normalized spacial score (nSPS) is 12.2. The number of rotatable bonds is 7. The number of hydrogen-bond donors (Lipinski definition) is 1. The highest BCUT2D eigenvalue weighted by Gasteiger charge is 2.15. The molecule has 0 fully saturated rings. The molecule has 1 atom stereocenters. The van der Waals surface area contributed by atoms with Crippen molar-refractivity contribution < 1.29 is 14.6 Å². The molecule has 19 heavy (non-hydrogen) atoms. The van der Waals surface area contributed by atoms with E-state index >= 15 is 0 Å². The van der Waals surface area contributed by atoms with Gasteiger partial charge in [-0.3, -0.25) is 4.79 Å². The predicted molar refractivity (Wildman–Crippen MR) is 80.6 cm³/mol. The Kier molecular flexibility index (Phi) is 6.35. The summed E-state index contributed by atoms with van der Waals surface area (Å²) < 4.78 is 5.71. The van der Waals surface area contributed by atoms with Crippen molar-refractivity contribution in [2.24, 2.45) is 0 Å². The van der Waals surface area contributed by atoms with E-state index in [0.29, 0.717) is 29.2 Å². The molecular formula is C15H21BrO3. The van der Waals surface area contributed by atoms with Crippen LogP contribution in [0.5, 0.6) is 11.5 Å². The van der Waals surface area contributed by atoms with Crippen molar-refractivity contribution in [3.8, 4) is 11.5 Å². The lowest BCUT2D eigenvalue weighted by atomic mass is 10.0. The van der Waals surface area contributed by atoms with Crippen molar-refractivity contribution in [1.82, 2.24) is 0 Å². The van der Waals surface area contributed by atoms with Crippen molar-refractivity contribution in [2.75, 3.05) is 6.61 Å². The maximum Gasteiger partial charge on any atom is 0.163 e. The third kappa shape index (κ3) is 4.53. The van der Waals surface area contributed by atoms with E-state index in [-0.39, 0.29) is 11.5 Å². The highest BCUT2D eigenvalue weighted by molar-refractivity contribution is 9.09. The number of carbonyl (C=O) groups is 1. The second kappa shape index (κ2) is 7.53. The molecule has 0 radical (unpaired) electrons. The van der Waals surface area contributed by atoms with Gasteiger partial charge < -0.3 is 9.84 Å². The number of phenols is 1. The lowest BCUT2D eigenvalue weighted by molar-refractivity contribution is 0.101. The molecule has 0 saturated carbocycles. The lowest BCUT2D eigenvalue weighted by Crippen LogP contribution is -2.06. The fraction of sp³-hybridized carbons (Fsp3) is 0.533. The zero-order valence-electron chi connectivity index (χ0n) is 11.7. The van der Waals surface area contributed by atoms with Gasteiger partial charge in [0.1, 0.15) is 11.5 Å². The van der Waals surface area contributed by atoms with E-state index in [4.69, 9.17) is 4.74 Å². The van der Waals surface area contributed by atoms with Crippen LogP contribution in [0.2, 0.25) is 0 Å². The van der Waals surface area contributed by atoms with Gasteiger partial charge in [-0.05, 0) is 31.9 Å². The van der Waals surface area contributed by atoms with Crippen LogP contribution in [-0.4, -0.2) is 22.3 Å². The van der Waals surface area contributed by atoms with E-state index in [2.05, 4.69) is 22.9 Å². The van der Waals surface area contributed by atoms with Crippen LogP contribution in [0.25, 0.3) is 0 Å². The Morgan fingerprint density at radius 2 is 2.16 bits per heavy atom. The van der Waals surface area contributed by atoms with Crippen LogP contribution in [0.4, 0.5) is 0 Å². The van der Waals surface area contributed by atoms with Crippen molar-refractivity contribution >= 4 is 21.7 Å². The Labute approximate surface area is 123 Å². The molecule has 0 spiro atoms. The third-order valence-electron chi connectivity index (χ3n) is 2.89. The monoisotopic (exact) mass is 328 g/mol. The van der Waals surface area contributed by atoms with Gasteiger partial charge in [-0.25, -0.2) is 0 Å². The van der Waals surface area contributed by atoms with Gasteiger partial charge >= 0.3 is 0 Å². The Hall–Kier alpha value is -1.03. The summed E-state index contributed by atoms with van der Waals surface area (Å²) in [4.78, 5) is 11.8. The van der Waals surface area contributed by atoms with Gasteiger partial charge in [0, 0.05) is 10.4 Å². The fourth-order valence-electron chi connectivity index (χ4n) is 1.86. The maximum absolute atomic E-state index is 11.4. The number of ether oxygens (including phenoxy) is 1. The topological polar surface area (TPSA) is 46.5 Å². The first-order valence-electron chi connectivity index (χ1n) is 6.60. The molecule has 0 heterocycles. The van der Waals surface area contributed by atoms with Gasteiger partial charge in [-0.2, -0.15) is 0 Å². The summed E-state index contributed by atoms with van der Waals surface area (Å²) in [6, 6.07) is 3.41. The zero-order valence-corrected chi connectivity index (χ0v) is 13.3. The van der Waals surface area contributed by atoms with Gasteiger partial charge in [0.05, 0.1) is 12.2 Å². The molecule has 0 aliphatic heterocycles. The van der Waals surface area contributed by atoms with E-state index in [1.807, 2.05) is 6.92 Å². The van der Waals surface area contributed by atoms with Gasteiger partial charge in [0.15, 0.2) is 5.78 Å². The molecule has 4 heteroatoms. The molecule has 0 saturated heterocycles. The Morgan fingerprint density at radius 3 is 2.68 bits per heavy atom. The summed E-state index contributed by atoms with van der Waals surface area (Å²) in [6.07, 6.45) is 2.48. The first kappa shape index (κ1) is 16.0. The van der Waals surface area contributed by atoms with Crippen molar-refractivity contribution in [3.05, 3.63) is 23.3 Å². The summed E-state index contributed by atoms with van der Waals surface area (Å²) in [5.74, 6) is 0.617. The van der Waals surface area contributed by atoms with Gasteiger partial charge in [0.2, 0.25) is 0 Å². The van der Waals surface area contributed by atoms with Gasteiger partial charge in [-0.1, -0.05) is 36.2 Å². The van der Waals surface area contributed by atoms with Gasteiger partial charge in [-0.15, -0.1) is 0 Å². The minimum atomic E-state index is -0.129. The van der Waals surface area contributed by atoms with Gasteiger partial charge in [0.25, 0.3) is 0 Å². The van der Waals surface area contributed by atoms with Crippen molar-refractivity contribution in [1.29, 1.82) is 0 Å². The second-order valence-corrected chi connectivity index (χ2v) is 6.23. The average molecular weight is 329 g/mol. The Morgan fingerprint density at radius 1 is 1.47 bits per heavy atom. The first-order chi connectivity index (χ1) is 8.97. The highest BCUT2D eigenvalue weighted by atomic mass is 79.9. The second-order valence-electron chi connectivity index (χ2n) is 4.66. The van der Waals surface area contributed by atoms with Crippen molar-refractivity contribution in [2.45, 2.75) is 44.9 Å². The Balaban J connectivity index is 2.97. The van der Waals surface area contributed by atoms with Crippen LogP contribution in [0, 0.1) is 0 Å². The van der Waals surface area contributed by atoms with Crippen LogP contribution < -0.4 is 4.74 Å². The quantitative estimate of drug-likeness (QED) is 0.605. The van der Waals surface area contributed by atoms with Crippen LogP contribution >= 0.6 is 15.9 Å². The molecule has 0 bridgehead atoms. The lowest BCUT2D eigenvalue weighted by Gasteiger charge is -2.15. The summed E-state index contributed by atoms with van der Waals surface area (Å²) >= 11 is 3.47. The van der Waals surface area contributed by atoms with E-state index < -0.39 is 0 Å². The number of benzene rings is 1. The SMILES string of the molecule is CCCc1c(OCCC(C)Br)ccc(C(C)=O)c1O. The summed E-state index contributed by atoms with van der Waals surface area (Å²) in [5.41, 5.74) is 1.10. The smallest absolute Gasteiger partial charge is 0.163 e. The third-order valence-corrected chi connectivity index (χ3v) is 3.35. The molecule has 1 N–H and O–H groups in total. The summed E-state index contributed by atoms with van der Waals surface area (Å²) in [7, 11) is 0. The van der Waals surface area contributed by atoms with Crippen LogP contribution in [0.1, 0.15) is 49.5 Å². The average Bonchev–Trinajstić information content (AvgIpc) is 2.32. The number of ketones is 1. The number of halogens is 1. The molecule has 1 unspecified atom stereocenters. The van der Waals surface area contributed by atoms with E-state index in [9.17, 15) is 9.90 Å². The maximum atomic E-state index is 11.4. The first-order valence-corrected chi connectivity index (χ1v) is 7.51. The highest BCUT2D eigenvalue weighted by Crippen LogP contribution is 2.33. The summed E-state index contributed by atoms with van der Waals surface area (Å²) in [5, 5.41) is 10.2. The molecule has 1 rings (SSSR count). The van der Waals surface area contributed by atoms with E-state index in [1.54, 1.807) is 12.1 Å². The number of hydrogen-bond acceptors (Lipinski definition) is 3. The fourth-order valence-corrected chi connectivity index (χ4v) is 2.05. The van der Waals surface area contributed by atoms with Crippen LogP contribution in [0.15, 0.2) is 12.1 Å². The number of carbonyl (C=O) groups excluding carboxylic acids is 1. The molecule has 0 aliphatic carbocycles. The number of alkyl halides is 1. The minimum Gasteiger partial charge on any atom is -0.507 e. The molecule has 3 nitrogen and oxygen atoms in total. The Bertz CT molecular complexity index is 441. The summed E-state index contributed by atoms with van der Waals surface area (Å²) in [6.45, 7) is 6.14. The standard InChI is InChI=1S/C15H21BrO3/c1-4-5-13-14(19-9-8-10(2)16)7-6-12(11(3)17)15(13)18/h6-7,10,18H,4-5,8-9H2,1-3H3. The number of Topliss-reactive ketones (excluding diaryl/α,β-unsaturated/α-hetero) is 1. The van der Waals surface area contributed by atoms with Crippen molar-refractivity contribution in [3.63, 3.8) is 0 Å². The number of aromatic hydroxyl groups is 1. The molecule has 1 aromatic carbocycles. The van der Waals surface area contributed by atoms with E-state index in [1.165, 1.54) is 6.92 Å². The minimum absolute atomic E-state index is 0.0683. The molecule has 0 aromatic heterocycles. The molecule has 106 valence electrons. The number of phenolic OH excluding ortho intramolecular Hbond substituents is 1. The van der Waals surface area contributed by atoms with Crippen LogP contribution in [-0.2, 0) is 6.42 Å². The van der Waals surface area contributed by atoms with Crippen LogP contribution in [0.3, 0.4) is 0 Å². The molecular weight excluding hydrogens is 308 g/mol. The molecule has 0 aliphatic rings. The molecule has 0 amide bonds. The zero-order chi connectivity index (χ0) is 14.4.